The number of rotatable bonds is 3. The maximum atomic E-state index is 3.40. The van der Waals surface area contributed by atoms with E-state index in [9.17, 15) is 0 Å². The van der Waals surface area contributed by atoms with E-state index in [1.54, 1.807) is 0 Å². The molecule has 0 atom stereocenters. The third-order valence-corrected chi connectivity index (χ3v) is 3.82. The molecule has 1 N–H and O–H groups in total. The highest BCUT2D eigenvalue weighted by Crippen LogP contribution is 2.15. The van der Waals surface area contributed by atoms with Gasteiger partial charge in [0.1, 0.15) is 0 Å². The molecule has 0 aliphatic carbocycles. The molecule has 2 heterocycles. The van der Waals surface area contributed by atoms with E-state index in [0.717, 1.165) is 5.92 Å². The average molecular weight is 211 g/mol. The van der Waals surface area contributed by atoms with Gasteiger partial charge < -0.3 is 10.2 Å². The van der Waals surface area contributed by atoms with E-state index in [-0.39, 0.29) is 0 Å². The monoisotopic (exact) mass is 211 g/mol. The first-order valence-corrected chi connectivity index (χ1v) is 6.50. The van der Waals surface area contributed by atoms with Crippen LogP contribution in [0.2, 0.25) is 0 Å². The van der Waals surface area contributed by atoms with E-state index in [1.165, 1.54) is 65.2 Å². The minimum atomic E-state index is 0.959. The first-order chi connectivity index (χ1) is 7.34. The first-order valence-electron chi connectivity index (χ1n) is 6.50. The Morgan fingerprint density at radius 3 is 2.07 bits per heavy atom. The van der Waals surface area contributed by atoms with Crippen molar-refractivity contribution in [1.29, 1.82) is 0 Å². The molecule has 0 bridgehead atoms. The standard InChI is InChI=1S/C12H25N3/c1-12-2-6-14(7-3-12)10-11-15-8-4-13-5-9-15/h12-13H,2-11H2,1H3. The molecule has 0 aromatic carbocycles. The van der Waals surface area contributed by atoms with E-state index >= 15 is 0 Å². The zero-order valence-corrected chi connectivity index (χ0v) is 10.0. The van der Waals surface area contributed by atoms with Crippen LogP contribution in [0.25, 0.3) is 0 Å². The van der Waals surface area contributed by atoms with Crippen LogP contribution in [0.1, 0.15) is 19.8 Å². The third kappa shape index (κ3) is 3.74. The van der Waals surface area contributed by atoms with Gasteiger partial charge in [0.25, 0.3) is 0 Å². The van der Waals surface area contributed by atoms with Crippen LogP contribution in [-0.4, -0.2) is 62.2 Å². The molecule has 2 fully saturated rings. The number of hydrogen-bond donors (Lipinski definition) is 1. The molecule has 15 heavy (non-hydrogen) atoms. The second-order valence-electron chi connectivity index (χ2n) is 5.12. The van der Waals surface area contributed by atoms with Gasteiger partial charge in [0.15, 0.2) is 0 Å². The Kier molecular flexibility index (Phi) is 4.42. The second kappa shape index (κ2) is 5.83. The Labute approximate surface area is 93.8 Å². The fraction of sp³-hybridized carbons (Fsp3) is 1.00. The van der Waals surface area contributed by atoms with E-state index in [1.807, 2.05) is 0 Å². The molecule has 88 valence electrons. The molecule has 2 aliphatic rings. The number of piperidine rings is 1. The lowest BCUT2D eigenvalue weighted by molar-refractivity contribution is 0.153. The van der Waals surface area contributed by atoms with Gasteiger partial charge in [-0.2, -0.15) is 0 Å². The lowest BCUT2D eigenvalue weighted by Gasteiger charge is -2.33. The highest BCUT2D eigenvalue weighted by atomic mass is 15.2. The highest BCUT2D eigenvalue weighted by Gasteiger charge is 2.16. The topological polar surface area (TPSA) is 18.5 Å². The van der Waals surface area contributed by atoms with Crippen molar-refractivity contribution in [2.45, 2.75) is 19.8 Å². The normalized spacial score (nSPS) is 27.0. The van der Waals surface area contributed by atoms with Gasteiger partial charge in [-0.3, -0.25) is 4.90 Å². The molecule has 0 unspecified atom stereocenters. The van der Waals surface area contributed by atoms with E-state index < -0.39 is 0 Å². The van der Waals surface area contributed by atoms with Gasteiger partial charge in [-0.05, 0) is 31.8 Å². The molecule has 0 aromatic heterocycles. The lowest BCUT2D eigenvalue weighted by Crippen LogP contribution is -2.47. The van der Waals surface area contributed by atoms with Crippen LogP contribution in [0.3, 0.4) is 0 Å². The molecular formula is C12H25N3. The Morgan fingerprint density at radius 1 is 0.933 bits per heavy atom. The summed E-state index contributed by atoms with van der Waals surface area (Å²) in [7, 11) is 0. The molecule has 3 heteroatoms. The Bertz CT molecular complexity index is 170. The van der Waals surface area contributed by atoms with Crippen LogP contribution in [-0.2, 0) is 0 Å². The fourth-order valence-electron chi connectivity index (χ4n) is 2.50. The molecule has 0 spiro atoms. The summed E-state index contributed by atoms with van der Waals surface area (Å²) in [4.78, 5) is 5.23. The molecule has 3 nitrogen and oxygen atoms in total. The summed E-state index contributed by atoms with van der Waals surface area (Å²) < 4.78 is 0. The van der Waals surface area contributed by atoms with Crippen molar-refractivity contribution >= 4 is 0 Å². The van der Waals surface area contributed by atoms with Crippen LogP contribution in [0, 0.1) is 5.92 Å². The predicted molar refractivity (Wildman–Crippen MR) is 64.1 cm³/mol. The zero-order chi connectivity index (χ0) is 10.5. The summed E-state index contributed by atoms with van der Waals surface area (Å²) >= 11 is 0. The summed E-state index contributed by atoms with van der Waals surface area (Å²) in [6.45, 7) is 12.4. The number of likely N-dealkylation sites (tertiary alicyclic amines) is 1. The van der Waals surface area contributed by atoms with Crippen LogP contribution >= 0.6 is 0 Å². The van der Waals surface area contributed by atoms with Crippen molar-refractivity contribution in [3.8, 4) is 0 Å². The van der Waals surface area contributed by atoms with E-state index in [4.69, 9.17) is 0 Å². The number of piperazine rings is 1. The largest absolute Gasteiger partial charge is 0.314 e. The van der Waals surface area contributed by atoms with Gasteiger partial charge in [-0.25, -0.2) is 0 Å². The van der Waals surface area contributed by atoms with Gasteiger partial charge in [0, 0.05) is 39.3 Å². The SMILES string of the molecule is CC1CCN(CCN2CCNCC2)CC1. The summed E-state index contributed by atoms with van der Waals surface area (Å²) in [5.41, 5.74) is 0. The van der Waals surface area contributed by atoms with Gasteiger partial charge in [-0.15, -0.1) is 0 Å². The minimum absolute atomic E-state index is 0.959. The third-order valence-electron chi connectivity index (χ3n) is 3.82. The van der Waals surface area contributed by atoms with Crippen molar-refractivity contribution in [3.63, 3.8) is 0 Å². The maximum Gasteiger partial charge on any atom is 0.0110 e. The quantitative estimate of drug-likeness (QED) is 0.738. The van der Waals surface area contributed by atoms with Gasteiger partial charge in [-0.1, -0.05) is 6.92 Å². The zero-order valence-electron chi connectivity index (χ0n) is 10.0. The summed E-state index contributed by atoms with van der Waals surface area (Å²) in [5.74, 6) is 0.959. The predicted octanol–water partition coefficient (Wildman–Crippen LogP) is 0.624. The second-order valence-corrected chi connectivity index (χ2v) is 5.12. The molecule has 0 radical (unpaired) electrons. The van der Waals surface area contributed by atoms with E-state index in [0.29, 0.717) is 0 Å². The van der Waals surface area contributed by atoms with Crippen molar-refractivity contribution in [1.82, 2.24) is 15.1 Å². The lowest BCUT2D eigenvalue weighted by atomic mass is 9.99. The fourth-order valence-corrected chi connectivity index (χ4v) is 2.50. The van der Waals surface area contributed by atoms with Crippen molar-refractivity contribution in [2.24, 2.45) is 5.92 Å². The molecular weight excluding hydrogens is 186 g/mol. The smallest absolute Gasteiger partial charge is 0.0110 e. The molecule has 2 rings (SSSR count). The molecule has 0 aromatic rings. The number of nitrogens with zero attached hydrogens (tertiary/aromatic N) is 2. The highest BCUT2D eigenvalue weighted by molar-refractivity contribution is 4.73. The molecule has 2 aliphatic heterocycles. The van der Waals surface area contributed by atoms with E-state index in [2.05, 4.69) is 22.0 Å². The summed E-state index contributed by atoms with van der Waals surface area (Å²) in [5, 5.41) is 3.40. The van der Waals surface area contributed by atoms with Gasteiger partial charge in [0.05, 0.1) is 0 Å². The first kappa shape index (κ1) is 11.4. The Morgan fingerprint density at radius 2 is 1.47 bits per heavy atom. The van der Waals surface area contributed by atoms with Crippen LogP contribution < -0.4 is 5.32 Å². The van der Waals surface area contributed by atoms with Crippen molar-refractivity contribution in [3.05, 3.63) is 0 Å². The van der Waals surface area contributed by atoms with Gasteiger partial charge >= 0.3 is 0 Å². The van der Waals surface area contributed by atoms with Crippen LogP contribution in [0.5, 0.6) is 0 Å². The number of nitrogens with one attached hydrogen (secondary N) is 1. The average Bonchev–Trinajstić information content (AvgIpc) is 2.30. The van der Waals surface area contributed by atoms with Crippen LogP contribution in [0.15, 0.2) is 0 Å². The molecule has 2 saturated heterocycles. The maximum absolute atomic E-state index is 3.40. The van der Waals surface area contributed by atoms with Crippen LogP contribution in [0.4, 0.5) is 0 Å². The summed E-state index contributed by atoms with van der Waals surface area (Å²) in [6, 6.07) is 0. The number of hydrogen-bond acceptors (Lipinski definition) is 3. The molecule has 0 saturated carbocycles. The van der Waals surface area contributed by atoms with Crippen molar-refractivity contribution in [2.75, 3.05) is 52.4 Å². The minimum Gasteiger partial charge on any atom is -0.314 e. The summed E-state index contributed by atoms with van der Waals surface area (Å²) in [6.07, 6.45) is 2.81. The molecule has 0 amide bonds. The Hall–Kier alpha value is -0.120. The Balaban J connectivity index is 1.60. The van der Waals surface area contributed by atoms with Gasteiger partial charge in [0.2, 0.25) is 0 Å². The van der Waals surface area contributed by atoms with Crippen molar-refractivity contribution < 1.29 is 0 Å².